The monoisotopic (exact) mass is 413 g/mol. The summed E-state index contributed by atoms with van der Waals surface area (Å²) in [5.41, 5.74) is 9.56. The number of nitrogens with zero attached hydrogens (tertiary/aromatic N) is 2. The Morgan fingerprint density at radius 1 is 1.23 bits per heavy atom. The van der Waals surface area contributed by atoms with Gasteiger partial charge in [0.1, 0.15) is 17.4 Å². The highest BCUT2D eigenvalue weighted by atomic mass is 16.5. The molecule has 0 amide bonds. The Balaban J connectivity index is 1.77. The van der Waals surface area contributed by atoms with Gasteiger partial charge in [-0.2, -0.15) is 5.26 Å². The first-order valence-electron chi connectivity index (χ1n) is 10.1. The van der Waals surface area contributed by atoms with Crippen molar-refractivity contribution >= 4 is 16.9 Å². The molecule has 6 heteroatoms. The van der Waals surface area contributed by atoms with E-state index in [1.807, 2.05) is 48.7 Å². The van der Waals surface area contributed by atoms with Crippen LogP contribution in [0.4, 0.5) is 0 Å². The quantitative estimate of drug-likeness (QED) is 0.629. The number of ether oxygens (including phenoxy) is 2. The SMILES string of the molecule is CCOC(=O)C1=C(C)OC(N)=C(C#N)C1c1ccc2c(ccn2Cc2ccccc2)c1. The third-order valence-electron chi connectivity index (χ3n) is 5.43. The molecule has 31 heavy (non-hydrogen) atoms. The van der Waals surface area contributed by atoms with Gasteiger partial charge >= 0.3 is 5.97 Å². The Bertz CT molecular complexity index is 1250. The molecule has 1 atom stereocenters. The number of nitriles is 1. The molecule has 1 unspecified atom stereocenters. The number of esters is 1. The normalized spacial score (nSPS) is 16.2. The van der Waals surface area contributed by atoms with Gasteiger partial charge in [0, 0.05) is 18.3 Å². The highest BCUT2D eigenvalue weighted by Crippen LogP contribution is 2.40. The van der Waals surface area contributed by atoms with Crippen LogP contribution in [0.3, 0.4) is 0 Å². The van der Waals surface area contributed by atoms with E-state index in [2.05, 4.69) is 22.8 Å². The van der Waals surface area contributed by atoms with E-state index >= 15 is 0 Å². The standard InChI is InChI=1S/C25H23N3O3/c1-3-30-25(29)22-16(2)31-24(27)20(14-26)23(22)19-9-10-21-18(13-19)11-12-28(21)15-17-7-5-4-6-8-17/h4-13,23H,3,15,27H2,1-2H3. The summed E-state index contributed by atoms with van der Waals surface area (Å²) in [5, 5.41) is 10.8. The summed E-state index contributed by atoms with van der Waals surface area (Å²) in [5.74, 6) is -0.784. The van der Waals surface area contributed by atoms with Crippen molar-refractivity contribution in [2.24, 2.45) is 5.73 Å². The Morgan fingerprint density at radius 2 is 2.00 bits per heavy atom. The molecule has 1 aliphatic heterocycles. The third-order valence-corrected chi connectivity index (χ3v) is 5.43. The second kappa shape index (κ2) is 8.41. The fourth-order valence-corrected chi connectivity index (χ4v) is 4.00. The first kappa shape index (κ1) is 20.3. The molecule has 0 aliphatic carbocycles. The highest BCUT2D eigenvalue weighted by molar-refractivity contribution is 5.93. The summed E-state index contributed by atoms with van der Waals surface area (Å²) in [7, 11) is 0. The van der Waals surface area contributed by atoms with Crippen LogP contribution in [0.1, 0.15) is 30.9 Å². The minimum Gasteiger partial charge on any atom is -0.463 e. The van der Waals surface area contributed by atoms with Crippen LogP contribution in [-0.2, 0) is 20.8 Å². The summed E-state index contributed by atoms with van der Waals surface area (Å²) in [6.07, 6.45) is 2.04. The summed E-state index contributed by atoms with van der Waals surface area (Å²) in [6.45, 7) is 4.38. The number of allylic oxidation sites excluding steroid dienone is 2. The Kier molecular flexibility index (Phi) is 5.50. The van der Waals surface area contributed by atoms with Gasteiger partial charge in [-0.1, -0.05) is 36.4 Å². The lowest BCUT2D eigenvalue weighted by Gasteiger charge is -2.27. The maximum absolute atomic E-state index is 12.7. The number of fused-ring (bicyclic) bond motifs is 1. The number of carbonyl (C=O) groups excluding carboxylic acids is 1. The van der Waals surface area contributed by atoms with Crippen LogP contribution in [0.5, 0.6) is 0 Å². The topological polar surface area (TPSA) is 90.3 Å². The van der Waals surface area contributed by atoms with Gasteiger partial charge in [0.15, 0.2) is 0 Å². The maximum Gasteiger partial charge on any atom is 0.338 e. The van der Waals surface area contributed by atoms with Crippen molar-refractivity contribution in [3.05, 3.63) is 94.7 Å². The lowest BCUT2D eigenvalue weighted by atomic mass is 9.83. The third kappa shape index (κ3) is 3.78. The van der Waals surface area contributed by atoms with E-state index < -0.39 is 11.9 Å². The first-order chi connectivity index (χ1) is 15.0. The molecule has 6 nitrogen and oxygen atoms in total. The van der Waals surface area contributed by atoms with E-state index in [0.717, 1.165) is 23.0 Å². The predicted octanol–water partition coefficient (Wildman–Crippen LogP) is 4.33. The van der Waals surface area contributed by atoms with Crippen LogP contribution >= 0.6 is 0 Å². The van der Waals surface area contributed by atoms with Crippen LogP contribution in [0.25, 0.3) is 10.9 Å². The zero-order valence-corrected chi connectivity index (χ0v) is 17.5. The van der Waals surface area contributed by atoms with Crippen LogP contribution in [-0.4, -0.2) is 17.1 Å². The van der Waals surface area contributed by atoms with Crippen LogP contribution < -0.4 is 5.73 Å². The molecule has 156 valence electrons. The average Bonchev–Trinajstić information content (AvgIpc) is 3.16. The highest BCUT2D eigenvalue weighted by Gasteiger charge is 2.36. The van der Waals surface area contributed by atoms with Crippen molar-refractivity contribution in [2.75, 3.05) is 6.61 Å². The lowest BCUT2D eigenvalue weighted by molar-refractivity contribution is -0.139. The van der Waals surface area contributed by atoms with E-state index in [0.29, 0.717) is 11.3 Å². The number of carbonyl (C=O) groups is 1. The lowest BCUT2D eigenvalue weighted by Crippen LogP contribution is -2.25. The Labute approximate surface area is 180 Å². The van der Waals surface area contributed by atoms with E-state index in [4.69, 9.17) is 15.2 Å². The van der Waals surface area contributed by atoms with Gasteiger partial charge in [0.05, 0.1) is 18.1 Å². The van der Waals surface area contributed by atoms with Gasteiger partial charge in [-0.25, -0.2) is 4.79 Å². The second-order valence-electron chi connectivity index (χ2n) is 7.36. The van der Waals surface area contributed by atoms with Gasteiger partial charge in [-0.3, -0.25) is 0 Å². The van der Waals surface area contributed by atoms with E-state index in [1.165, 1.54) is 5.56 Å². The van der Waals surface area contributed by atoms with Crippen molar-refractivity contribution < 1.29 is 14.3 Å². The van der Waals surface area contributed by atoms with Gasteiger partial charge < -0.3 is 19.8 Å². The number of hydrogen-bond acceptors (Lipinski definition) is 5. The summed E-state index contributed by atoms with van der Waals surface area (Å²) < 4.78 is 12.9. The molecule has 4 rings (SSSR count). The molecule has 2 heterocycles. The van der Waals surface area contributed by atoms with E-state index in [1.54, 1.807) is 13.8 Å². The zero-order chi connectivity index (χ0) is 22.0. The van der Waals surface area contributed by atoms with Crippen molar-refractivity contribution in [1.29, 1.82) is 5.26 Å². The number of benzene rings is 2. The summed E-state index contributed by atoms with van der Waals surface area (Å²) in [4.78, 5) is 12.7. The number of aromatic nitrogens is 1. The molecule has 0 radical (unpaired) electrons. The average molecular weight is 413 g/mol. The largest absolute Gasteiger partial charge is 0.463 e. The van der Waals surface area contributed by atoms with Gasteiger partial charge in [0.2, 0.25) is 5.88 Å². The molecule has 1 aromatic heterocycles. The van der Waals surface area contributed by atoms with Crippen molar-refractivity contribution in [3.8, 4) is 6.07 Å². The van der Waals surface area contributed by atoms with Gasteiger partial charge in [-0.05, 0) is 48.6 Å². The fourth-order valence-electron chi connectivity index (χ4n) is 4.00. The van der Waals surface area contributed by atoms with Crippen LogP contribution in [0.15, 0.2) is 83.6 Å². The van der Waals surface area contributed by atoms with Crippen molar-refractivity contribution in [2.45, 2.75) is 26.3 Å². The van der Waals surface area contributed by atoms with Gasteiger partial charge in [-0.15, -0.1) is 0 Å². The van der Waals surface area contributed by atoms with Crippen LogP contribution in [0.2, 0.25) is 0 Å². The molecule has 0 bridgehead atoms. The van der Waals surface area contributed by atoms with E-state index in [-0.39, 0.29) is 18.1 Å². The number of hydrogen-bond donors (Lipinski definition) is 1. The minimum atomic E-state index is -0.639. The smallest absolute Gasteiger partial charge is 0.338 e. The fraction of sp³-hybridized carbons (Fsp3) is 0.200. The molecule has 3 aromatic rings. The Hall–Kier alpha value is -3.98. The van der Waals surface area contributed by atoms with Crippen molar-refractivity contribution in [1.82, 2.24) is 4.57 Å². The number of rotatable bonds is 5. The number of nitrogens with two attached hydrogens (primary N) is 1. The molecule has 2 aromatic carbocycles. The summed E-state index contributed by atoms with van der Waals surface area (Å²) >= 11 is 0. The predicted molar refractivity (Wildman–Crippen MR) is 117 cm³/mol. The molecule has 0 spiro atoms. The zero-order valence-electron chi connectivity index (χ0n) is 17.5. The molecule has 0 fully saturated rings. The first-order valence-corrected chi connectivity index (χ1v) is 10.1. The Morgan fingerprint density at radius 3 is 2.71 bits per heavy atom. The maximum atomic E-state index is 12.7. The van der Waals surface area contributed by atoms with Gasteiger partial charge in [0.25, 0.3) is 0 Å². The molecule has 0 saturated carbocycles. The minimum absolute atomic E-state index is 0.0137. The molecular formula is C25H23N3O3. The van der Waals surface area contributed by atoms with Crippen molar-refractivity contribution in [3.63, 3.8) is 0 Å². The molecule has 1 aliphatic rings. The molecule has 0 saturated heterocycles. The van der Waals surface area contributed by atoms with E-state index in [9.17, 15) is 10.1 Å². The second-order valence-corrected chi connectivity index (χ2v) is 7.36. The summed E-state index contributed by atoms with van der Waals surface area (Å²) in [6, 6.07) is 20.3. The molecule has 2 N–H and O–H groups in total. The van der Waals surface area contributed by atoms with Crippen LogP contribution in [0, 0.1) is 11.3 Å². The molecular weight excluding hydrogens is 390 g/mol.